The van der Waals surface area contributed by atoms with Crippen LogP contribution in [0.5, 0.6) is 0 Å². The summed E-state index contributed by atoms with van der Waals surface area (Å²) in [6.07, 6.45) is 1.32. The average Bonchev–Trinajstić information content (AvgIpc) is 2.71. The largest absolute Gasteiger partial charge is 0.464 e. The smallest absolute Gasteiger partial charge is 0.360 e. The molecule has 100 valence electrons. The van der Waals surface area contributed by atoms with E-state index in [0.29, 0.717) is 0 Å². The van der Waals surface area contributed by atoms with Crippen molar-refractivity contribution in [3.05, 3.63) is 12.0 Å². The molecule has 0 aliphatic carbocycles. The molecule has 0 radical (unpaired) electrons. The maximum absolute atomic E-state index is 11.6. The van der Waals surface area contributed by atoms with Crippen molar-refractivity contribution in [1.29, 1.82) is 0 Å². The van der Waals surface area contributed by atoms with Crippen molar-refractivity contribution >= 4 is 17.8 Å². The van der Waals surface area contributed by atoms with E-state index >= 15 is 0 Å². The molecule has 0 aromatic carbocycles. The molecule has 7 nitrogen and oxygen atoms in total. The van der Waals surface area contributed by atoms with E-state index in [1.807, 2.05) is 0 Å². The molecule has 18 heavy (non-hydrogen) atoms. The summed E-state index contributed by atoms with van der Waals surface area (Å²) < 4.78 is 11.0. The number of rotatable bonds is 5. The lowest BCUT2D eigenvalue weighted by atomic mass is 10.3. The SMILES string of the molecule is CCOC(=O)c1ncn(C(C)C(=O)OCC)c1N. The second-order valence-corrected chi connectivity index (χ2v) is 3.53. The quantitative estimate of drug-likeness (QED) is 0.780. The number of nitrogen functional groups attached to an aromatic ring is 1. The zero-order valence-electron chi connectivity index (χ0n) is 10.7. The molecule has 1 atom stereocenters. The number of esters is 2. The molecule has 2 N–H and O–H groups in total. The van der Waals surface area contributed by atoms with Crippen LogP contribution in [-0.4, -0.2) is 34.7 Å². The lowest BCUT2D eigenvalue weighted by Crippen LogP contribution is -2.20. The van der Waals surface area contributed by atoms with Crippen LogP contribution < -0.4 is 5.73 Å². The number of ether oxygens (including phenoxy) is 2. The van der Waals surface area contributed by atoms with Crippen LogP contribution in [0.15, 0.2) is 6.33 Å². The Hall–Kier alpha value is -2.05. The standard InChI is InChI=1S/C11H17N3O4/c1-4-17-10(15)7(3)14-6-13-8(9(14)12)11(16)18-5-2/h6-7H,4-5,12H2,1-3H3. The fourth-order valence-corrected chi connectivity index (χ4v) is 1.41. The second kappa shape index (κ2) is 6.04. The van der Waals surface area contributed by atoms with E-state index in [-0.39, 0.29) is 24.7 Å². The van der Waals surface area contributed by atoms with E-state index in [9.17, 15) is 9.59 Å². The van der Waals surface area contributed by atoms with Crippen molar-refractivity contribution in [2.45, 2.75) is 26.8 Å². The maximum atomic E-state index is 11.6. The van der Waals surface area contributed by atoms with Crippen molar-refractivity contribution in [2.24, 2.45) is 0 Å². The predicted molar refractivity (Wildman–Crippen MR) is 63.9 cm³/mol. The number of hydrogen-bond donors (Lipinski definition) is 1. The first kappa shape index (κ1) is 14.0. The number of aromatic nitrogens is 2. The van der Waals surface area contributed by atoms with Gasteiger partial charge in [0.2, 0.25) is 0 Å². The van der Waals surface area contributed by atoms with Gasteiger partial charge in [-0.2, -0.15) is 0 Å². The third-order valence-corrected chi connectivity index (χ3v) is 2.35. The Morgan fingerprint density at radius 2 is 2.00 bits per heavy atom. The van der Waals surface area contributed by atoms with Crippen molar-refractivity contribution in [3.63, 3.8) is 0 Å². The Labute approximate surface area is 105 Å². The topological polar surface area (TPSA) is 96.4 Å². The summed E-state index contributed by atoms with van der Waals surface area (Å²) in [6.45, 7) is 5.53. The van der Waals surface area contributed by atoms with Crippen LogP contribution in [-0.2, 0) is 14.3 Å². The number of carbonyl (C=O) groups excluding carboxylic acids is 2. The van der Waals surface area contributed by atoms with Crippen LogP contribution in [0.3, 0.4) is 0 Å². The summed E-state index contributed by atoms with van der Waals surface area (Å²) in [7, 11) is 0. The first-order valence-corrected chi connectivity index (χ1v) is 5.68. The first-order valence-electron chi connectivity index (χ1n) is 5.68. The highest BCUT2D eigenvalue weighted by Crippen LogP contribution is 2.18. The van der Waals surface area contributed by atoms with Crippen molar-refractivity contribution in [3.8, 4) is 0 Å². The summed E-state index contributed by atoms with van der Waals surface area (Å²) >= 11 is 0. The highest BCUT2D eigenvalue weighted by atomic mass is 16.5. The molecule has 1 aromatic heterocycles. The number of anilines is 1. The van der Waals surface area contributed by atoms with Crippen LogP contribution in [0.4, 0.5) is 5.82 Å². The first-order chi connectivity index (χ1) is 8.52. The van der Waals surface area contributed by atoms with E-state index in [2.05, 4.69) is 4.98 Å². The summed E-state index contributed by atoms with van der Waals surface area (Å²) in [5, 5.41) is 0. The van der Waals surface area contributed by atoms with Gasteiger partial charge in [0.25, 0.3) is 0 Å². The summed E-state index contributed by atoms with van der Waals surface area (Å²) in [5.41, 5.74) is 5.77. The van der Waals surface area contributed by atoms with E-state index in [0.717, 1.165) is 0 Å². The van der Waals surface area contributed by atoms with Gasteiger partial charge in [-0.15, -0.1) is 0 Å². The van der Waals surface area contributed by atoms with Gasteiger partial charge in [-0.3, -0.25) is 0 Å². The third-order valence-electron chi connectivity index (χ3n) is 2.35. The average molecular weight is 255 g/mol. The molecule has 0 aliphatic rings. The van der Waals surface area contributed by atoms with Crippen LogP contribution in [0.25, 0.3) is 0 Å². The maximum Gasteiger partial charge on any atom is 0.360 e. The molecule has 7 heteroatoms. The fourth-order valence-electron chi connectivity index (χ4n) is 1.41. The molecule has 1 unspecified atom stereocenters. The molecule has 0 saturated heterocycles. The van der Waals surface area contributed by atoms with E-state index < -0.39 is 18.0 Å². The molecule has 1 rings (SSSR count). The van der Waals surface area contributed by atoms with Crippen LogP contribution in [0.1, 0.15) is 37.3 Å². The monoisotopic (exact) mass is 255 g/mol. The number of imidazole rings is 1. The van der Waals surface area contributed by atoms with E-state index in [1.54, 1.807) is 20.8 Å². The van der Waals surface area contributed by atoms with Gasteiger partial charge in [-0.25, -0.2) is 14.6 Å². The number of nitrogens with two attached hydrogens (primary N) is 1. The third kappa shape index (κ3) is 2.79. The molecule has 0 aliphatic heterocycles. The summed E-state index contributed by atoms with van der Waals surface area (Å²) in [6, 6.07) is -0.638. The van der Waals surface area contributed by atoms with Crippen LogP contribution in [0.2, 0.25) is 0 Å². The molecule has 0 saturated carbocycles. The molecule has 0 amide bonds. The van der Waals surface area contributed by atoms with Gasteiger partial charge in [0.15, 0.2) is 5.69 Å². The van der Waals surface area contributed by atoms with Gasteiger partial charge in [0.1, 0.15) is 11.9 Å². The lowest BCUT2D eigenvalue weighted by Gasteiger charge is -2.13. The fraction of sp³-hybridized carbons (Fsp3) is 0.545. The summed E-state index contributed by atoms with van der Waals surface area (Å²) in [5.74, 6) is -0.948. The minimum atomic E-state index is -0.638. The molecular formula is C11H17N3O4. The van der Waals surface area contributed by atoms with Crippen molar-refractivity contribution in [1.82, 2.24) is 9.55 Å². The number of carbonyl (C=O) groups is 2. The molecule has 0 fully saturated rings. The Kier molecular flexibility index (Phi) is 4.70. The van der Waals surface area contributed by atoms with Crippen LogP contribution in [0, 0.1) is 0 Å². The van der Waals surface area contributed by atoms with Gasteiger partial charge in [0, 0.05) is 0 Å². The zero-order valence-corrected chi connectivity index (χ0v) is 10.7. The van der Waals surface area contributed by atoms with Gasteiger partial charge in [-0.05, 0) is 20.8 Å². The van der Waals surface area contributed by atoms with Gasteiger partial charge < -0.3 is 19.8 Å². The predicted octanol–water partition coefficient (Wildman–Crippen LogP) is 0.766. The number of hydrogen-bond acceptors (Lipinski definition) is 6. The molecular weight excluding hydrogens is 238 g/mol. The Bertz CT molecular complexity index is 441. The second-order valence-electron chi connectivity index (χ2n) is 3.53. The Morgan fingerprint density at radius 1 is 1.39 bits per heavy atom. The van der Waals surface area contributed by atoms with Gasteiger partial charge in [-0.1, -0.05) is 0 Å². The van der Waals surface area contributed by atoms with Crippen molar-refractivity contribution in [2.75, 3.05) is 18.9 Å². The minimum absolute atomic E-state index is 0.00741. The van der Waals surface area contributed by atoms with Gasteiger partial charge in [0.05, 0.1) is 19.5 Å². The van der Waals surface area contributed by atoms with Crippen LogP contribution >= 0.6 is 0 Å². The minimum Gasteiger partial charge on any atom is -0.464 e. The Morgan fingerprint density at radius 3 is 2.56 bits per heavy atom. The normalized spacial score (nSPS) is 11.9. The highest BCUT2D eigenvalue weighted by molar-refractivity contribution is 5.92. The highest BCUT2D eigenvalue weighted by Gasteiger charge is 2.23. The summed E-state index contributed by atoms with van der Waals surface area (Å²) in [4.78, 5) is 26.9. The molecule has 1 aromatic rings. The molecule has 0 spiro atoms. The van der Waals surface area contributed by atoms with Crippen molar-refractivity contribution < 1.29 is 19.1 Å². The molecule has 0 bridgehead atoms. The van der Waals surface area contributed by atoms with E-state index in [4.69, 9.17) is 15.2 Å². The number of nitrogens with zero attached hydrogens (tertiary/aromatic N) is 2. The van der Waals surface area contributed by atoms with Gasteiger partial charge >= 0.3 is 11.9 Å². The zero-order chi connectivity index (χ0) is 13.7. The lowest BCUT2D eigenvalue weighted by molar-refractivity contribution is -0.146. The Balaban J connectivity index is 2.92. The molecule has 1 heterocycles. The van der Waals surface area contributed by atoms with E-state index in [1.165, 1.54) is 10.9 Å².